The van der Waals surface area contributed by atoms with E-state index in [0.29, 0.717) is 26.2 Å². The second-order valence-corrected chi connectivity index (χ2v) is 10.4. The molecule has 0 aliphatic carbocycles. The Morgan fingerprint density at radius 3 is 2.50 bits per heavy atom. The first-order valence-electron chi connectivity index (χ1n) is 8.66. The molecule has 3 aromatic rings. The Morgan fingerprint density at radius 1 is 1.04 bits per heavy atom. The standard InChI is InChI=1S/C19H17BrClN3O2S2/c20-15-5-3-4-14(12-15)17-13-27-19(22-17)23-8-10-24(11-9-23)28(25,26)18-7-2-1-6-16(18)21/h1-7,12-13H,8-11H2. The third kappa shape index (κ3) is 3.97. The number of thiazole rings is 1. The first-order chi connectivity index (χ1) is 13.4. The molecule has 28 heavy (non-hydrogen) atoms. The number of sulfonamides is 1. The van der Waals surface area contributed by atoms with E-state index < -0.39 is 10.0 Å². The van der Waals surface area contributed by atoms with Gasteiger partial charge in [-0.2, -0.15) is 4.31 Å². The SMILES string of the molecule is O=S(=O)(c1ccccc1Cl)N1CCN(c2nc(-c3cccc(Br)c3)cs2)CC1. The van der Waals surface area contributed by atoms with Gasteiger partial charge in [0.1, 0.15) is 4.90 Å². The van der Waals surface area contributed by atoms with E-state index in [2.05, 4.69) is 20.8 Å². The average molecular weight is 499 g/mol. The zero-order chi connectivity index (χ0) is 19.7. The second kappa shape index (κ2) is 8.12. The summed E-state index contributed by atoms with van der Waals surface area (Å²) in [6.07, 6.45) is 0. The summed E-state index contributed by atoms with van der Waals surface area (Å²) in [6, 6.07) is 14.6. The maximum absolute atomic E-state index is 12.9. The van der Waals surface area contributed by atoms with Crippen molar-refractivity contribution in [1.82, 2.24) is 9.29 Å². The van der Waals surface area contributed by atoms with Crippen molar-refractivity contribution in [2.75, 3.05) is 31.1 Å². The fourth-order valence-electron chi connectivity index (χ4n) is 3.10. The predicted molar refractivity (Wildman–Crippen MR) is 118 cm³/mol. The van der Waals surface area contributed by atoms with Gasteiger partial charge >= 0.3 is 0 Å². The van der Waals surface area contributed by atoms with Crippen molar-refractivity contribution >= 4 is 54.0 Å². The molecule has 1 aliphatic heterocycles. The number of benzene rings is 2. The summed E-state index contributed by atoms with van der Waals surface area (Å²) >= 11 is 11.2. The van der Waals surface area contributed by atoms with Crippen LogP contribution >= 0.6 is 38.9 Å². The number of nitrogens with zero attached hydrogens (tertiary/aromatic N) is 3. The van der Waals surface area contributed by atoms with Gasteiger partial charge in [0.25, 0.3) is 0 Å². The molecule has 0 radical (unpaired) electrons. The van der Waals surface area contributed by atoms with Crippen molar-refractivity contribution in [1.29, 1.82) is 0 Å². The Morgan fingerprint density at radius 2 is 1.79 bits per heavy atom. The van der Waals surface area contributed by atoms with Crippen LogP contribution in [0.15, 0.2) is 63.3 Å². The lowest BCUT2D eigenvalue weighted by Crippen LogP contribution is -2.48. The van der Waals surface area contributed by atoms with E-state index in [9.17, 15) is 8.42 Å². The smallest absolute Gasteiger partial charge is 0.244 e. The second-order valence-electron chi connectivity index (χ2n) is 6.35. The highest BCUT2D eigenvalue weighted by atomic mass is 79.9. The van der Waals surface area contributed by atoms with Gasteiger partial charge in [0.2, 0.25) is 10.0 Å². The van der Waals surface area contributed by atoms with Gasteiger partial charge in [-0.1, -0.05) is 51.8 Å². The first kappa shape index (κ1) is 19.8. The molecule has 0 N–H and O–H groups in total. The van der Waals surface area contributed by atoms with Gasteiger partial charge in [0.15, 0.2) is 5.13 Å². The van der Waals surface area contributed by atoms with E-state index in [-0.39, 0.29) is 9.92 Å². The average Bonchev–Trinajstić information content (AvgIpc) is 3.19. The van der Waals surface area contributed by atoms with Gasteiger partial charge in [0, 0.05) is 41.6 Å². The molecule has 2 aromatic carbocycles. The summed E-state index contributed by atoms with van der Waals surface area (Å²) in [6.45, 7) is 1.99. The number of hydrogen-bond donors (Lipinski definition) is 0. The van der Waals surface area contributed by atoms with Crippen LogP contribution in [0.1, 0.15) is 0 Å². The van der Waals surface area contributed by atoms with E-state index in [0.717, 1.165) is 20.9 Å². The van der Waals surface area contributed by atoms with Crippen LogP contribution < -0.4 is 4.90 Å². The van der Waals surface area contributed by atoms with Crippen LogP contribution in [0.4, 0.5) is 5.13 Å². The van der Waals surface area contributed by atoms with E-state index in [1.165, 1.54) is 4.31 Å². The van der Waals surface area contributed by atoms with Crippen LogP contribution in [0, 0.1) is 0 Å². The Hall–Kier alpha value is -1.45. The van der Waals surface area contributed by atoms with Gasteiger partial charge in [-0.25, -0.2) is 13.4 Å². The minimum absolute atomic E-state index is 0.163. The van der Waals surface area contributed by atoms with Crippen LogP contribution in [0.5, 0.6) is 0 Å². The van der Waals surface area contributed by atoms with Crippen molar-refractivity contribution in [2.45, 2.75) is 4.90 Å². The lowest BCUT2D eigenvalue weighted by Gasteiger charge is -2.33. The molecule has 0 amide bonds. The number of aromatic nitrogens is 1. The molecule has 1 fully saturated rings. The lowest BCUT2D eigenvalue weighted by molar-refractivity contribution is 0.385. The van der Waals surface area contributed by atoms with Crippen molar-refractivity contribution in [3.05, 3.63) is 63.4 Å². The Labute approximate surface area is 181 Å². The van der Waals surface area contributed by atoms with Gasteiger partial charge in [-0.05, 0) is 24.3 Å². The molecule has 146 valence electrons. The molecular formula is C19H17BrClN3O2S2. The topological polar surface area (TPSA) is 53.5 Å². The molecule has 0 spiro atoms. The highest BCUT2D eigenvalue weighted by Crippen LogP contribution is 2.30. The third-order valence-corrected chi connectivity index (χ3v) is 8.37. The lowest BCUT2D eigenvalue weighted by atomic mass is 10.2. The summed E-state index contributed by atoms with van der Waals surface area (Å²) in [4.78, 5) is 7.03. The fourth-order valence-corrected chi connectivity index (χ4v) is 6.31. The Kier molecular flexibility index (Phi) is 5.76. The summed E-state index contributed by atoms with van der Waals surface area (Å²) in [5.41, 5.74) is 1.98. The van der Waals surface area contributed by atoms with Gasteiger partial charge in [-0.3, -0.25) is 0 Å². The normalized spacial score (nSPS) is 15.7. The molecule has 9 heteroatoms. The monoisotopic (exact) mass is 497 g/mol. The summed E-state index contributed by atoms with van der Waals surface area (Å²) < 4.78 is 28.3. The minimum atomic E-state index is -3.59. The third-order valence-electron chi connectivity index (χ3n) is 4.58. The fraction of sp³-hybridized carbons (Fsp3) is 0.211. The summed E-state index contributed by atoms with van der Waals surface area (Å²) in [5, 5.41) is 3.19. The number of rotatable bonds is 4. The highest BCUT2D eigenvalue weighted by molar-refractivity contribution is 9.10. The quantitative estimate of drug-likeness (QED) is 0.521. The largest absolute Gasteiger partial charge is 0.345 e. The van der Waals surface area contributed by atoms with Crippen molar-refractivity contribution in [3.63, 3.8) is 0 Å². The van der Waals surface area contributed by atoms with Crippen LogP contribution in [0.25, 0.3) is 11.3 Å². The van der Waals surface area contributed by atoms with Crippen molar-refractivity contribution < 1.29 is 8.42 Å². The maximum Gasteiger partial charge on any atom is 0.244 e. The molecule has 4 rings (SSSR count). The molecule has 0 saturated carbocycles. The molecule has 1 saturated heterocycles. The Balaban J connectivity index is 1.47. The van der Waals surface area contributed by atoms with Gasteiger partial charge < -0.3 is 4.90 Å². The van der Waals surface area contributed by atoms with E-state index in [1.54, 1.807) is 35.6 Å². The van der Waals surface area contributed by atoms with Gasteiger partial charge in [-0.15, -0.1) is 11.3 Å². The molecule has 0 atom stereocenters. The molecule has 5 nitrogen and oxygen atoms in total. The summed E-state index contributed by atoms with van der Waals surface area (Å²) in [5.74, 6) is 0. The van der Waals surface area contributed by atoms with Crippen molar-refractivity contribution in [3.8, 4) is 11.3 Å². The zero-order valence-corrected chi connectivity index (χ0v) is 18.7. The van der Waals surface area contributed by atoms with Gasteiger partial charge in [0.05, 0.1) is 10.7 Å². The number of halogens is 2. The molecular weight excluding hydrogens is 482 g/mol. The highest BCUT2D eigenvalue weighted by Gasteiger charge is 2.30. The molecule has 2 heterocycles. The molecule has 1 aliphatic rings. The Bertz CT molecular complexity index is 1100. The molecule has 0 unspecified atom stereocenters. The van der Waals surface area contributed by atoms with Crippen molar-refractivity contribution in [2.24, 2.45) is 0 Å². The van der Waals surface area contributed by atoms with Crippen LogP contribution in [-0.4, -0.2) is 43.9 Å². The number of piperazine rings is 1. The van der Waals surface area contributed by atoms with E-state index in [4.69, 9.17) is 16.6 Å². The molecule has 1 aromatic heterocycles. The van der Waals surface area contributed by atoms with Crippen LogP contribution in [-0.2, 0) is 10.0 Å². The minimum Gasteiger partial charge on any atom is -0.345 e. The molecule has 0 bridgehead atoms. The number of hydrogen-bond acceptors (Lipinski definition) is 5. The number of anilines is 1. The summed E-state index contributed by atoms with van der Waals surface area (Å²) in [7, 11) is -3.59. The van der Waals surface area contributed by atoms with Crippen LogP contribution in [0.2, 0.25) is 5.02 Å². The first-order valence-corrected chi connectivity index (χ1v) is 12.2. The van der Waals surface area contributed by atoms with E-state index in [1.807, 2.05) is 29.6 Å². The predicted octanol–water partition coefficient (Wildman–Crippen LogP) is 4.74. The van der Waals surface area contributed by atoms with Crippen LogP contribution in [0.3, 0.4) is 0 Å². The maximum atomic E-state index is 12.9. The van der Waals surface area contributed by atoms with E-state index >= 15 is 0 Å². The zero-order valence-electron chi connectivity index (χ0n) is 14.8.